The van der Waals surface area contributed by atoms with Gasteiger partial charge in [0.2, 0.25) is 0 Å². The van der Waals surface area contributed by atoms with Crippen LogP contribution < -0.4 is 10.1 Å². The van der Waals surface area contributed by atoms with Gasteiger partial charge < -0.3 is 15.2 Å². The number of hydrogen-bond donors (Lipinski definition) is 2. The van der Waals surface area contributed by atoms with Crippen LogP contribution in [0.25, 0.3) is 0 Å². The summed E-state index contributed by atoms with van der Waals surface area (Å²) in [5.74, 6) is 0.441. The predicted octanol–water partition coefficient (Wildman–Crippen LogP) is 1.53. The summed E-state index contributed by atoms with van der Waals surface area (Å²) >= 11 is 0. The molecule has 1 aromatic carbocycles. The molecule has 0 aromatic heterocycles. The zero-order valence-electron chi connectivity index (χ0n) is 11.1. The molecule has 1 aliphatic rings. The van der Waals surface area contributed by atoms with E-state index in [0.29, 0.717) is 5.75 Å². The zero-order chi connectivity index (χ0) is 13.9. The number of nitrogens with zero attached hydrogens (tertiary/aromatic N) is 1. The van der Waals surface area contributed by atoms with Gasteiger partial charge in [0.25, 0.3) is 0 Å². The summed E-state index contributed by atoms with van der Waals surface area (Å²) in [6.45, 7) is 5.70. The molecule has 1 aromatic rings. The van der Waals surface area contributed by atoms with E-state index in [2.05, 4.69) is 24.2 Å². The van der Waals surface area contributed by atoms with E-state index >= 15 is 0 Å². The predicted molar refractivity (Wildman–Crippen MR) is 72.8 cm³/mol. The maximum absolute atomic E-state index is 10.4. The van der Waals surface area contributed by atoms with Crippen LogP contribution in [0, 0.1) is 5.41 Å². The van der Waals surface area contributed by atoms with Gasteiger partial charge in [0.1, 0.15) is 11.6 Å². The summed E-state index contributed by atoms with van der Waals surface area (Å²) in [6.07, 6.45) is 0. The van der Waals surface area contributed by atoms with Gasteiger partial charge in [-0.15, -0.1) is 0 Å². The molecule has 2 N–H and O–H groups in total. The maximum atomic E-state index is 10.4. The van der Waals surface area contributed by atoms with Crippen LogP contribution in [0.1, 0.15) is 19.4 Å². The summed E-state index contributed by atoms with van der Waals surface area (Å²) in [7, 11) is 0. The number of hydrogen-bond acceptors (Lipinski definition) is 4. The van der Waals surface area contributed by atoms with Gasteiger partial charge in [0.05, 0.1) is 0 Å². The van der Waals surface area contributed by atoms with Crippen LogP contribution in [0.15, 0.2) is 29.3 Å². The van der Waals surface area contributed by atoms with Gasteiger partial charge in [0.15, 0.2) is 6.61 Å². The molecular weight excluding hydrogens is 244 g/mol. The second-order valence-electron chi connectivity index (χ2n) is 5.39. The molecule has 0 radical (unpaired) electrons. The molecule has 0 unspecified atom stereocenters. The molecule has 5 nitrogen and oxygen atoms in total. The Morgan fingerprint density at radius 3 is 2.63 bits per heavy atom. The number of carboxylic acid groups (broad SMARTS) is 1. The minimum Gasteiger partial charge on any atom is -0.482 e. The number of aliphatic imine (C=N–C) groups is 1. The molecule has 1 aliphatic heterocycles. The molecule has 102 valence electrons. The largest absolute Gasteiger partial charge is 0.482 e. The van der Waals surface area contributed by atoms with Crippen molar-refractivity contribution in [1.29, 1.82) is 0 Å². The highest BCUT2D eigenvalue weighted by atomic mass is 16.5. The lowest BCUT2D eigenvalue weighted by atomic mass is 9.92. The Morgan fingerprint density at radius 2 is 2.11 bits per heavy atom. The molecular formula is C14H18N2O3. The van der Waals surface area contributed by atoms with Crippen LogP contribution >= 0.6 is 0 Å². The molecule has 0 atom stereocenters. The minimum absolute atomic E-state index is 0.189. The monoisotopic (exact) mass is 262 g/mol. The molecule has 0 fully saturated rings. The summed E-state index contributed by atoms with van der Waals surface area (Å²) in [5, 5.41) is 11.8. The molecule has 2 rings (SSSR count). The van der Waals surface area contributed by atoms with E-state index in [4.69, 9.17) is 9.84 Å². The molecule has 5 heteroatoms. The molecule has 0 spiro atoms. The molecule has 1 heterocycles. The first-order valence-corrected chi connectivity index (χ1v) is 6.20. The first-order valence-electron chi connectivity index (χ1n) is 6.20. The van der Waals surface area contributed by atoms with Crippen LogP contribution in [0.4, 0.5) is 0 Å². The van der Waals surface area contributed by atoms with Crippen molar-refractivity contribution >= 4 is 11.8 Å². The van der Waals surface area contributed by atoms with Gasteiger partial charge in [-0.25, -0.2) is 4.79 Å². The number of ether oxygens (including phenoxy) is 1. The number of amidine groups is 1. The van der Waals surface area contributed by atoms with Crippen LogP contribution in [0.3, 0.4) is 0 Å². The maximum Gasteiger partial charge on any atom is 0.341 e. The fraction of sp³-hybridized carbons (Fsp3) is 0.429. The fourth-order valence-electron chi connectivity index (χ4n) is 1.78. The lowest BCUT2D eigenvalue weighted by molar-refractivity contribution is -0.139. The fourth-order valence-corrected chi connectivity index (χ4v) is 1.78. The van der Waals surface area contributed by atoms with E-state index in [-0.39, 0.29) is 12.0 Å². The van der Waals surface area contributed by atoms with E-state index < -0.39 is 5.97 Å². The normalized spacial score (nSPS) is 17.3. The number of benzene rings is 1. The third-order valence-electron chi connectivity index (χ3n) is 2.89. The Kier molecular flexibility index (Phi) is 3.74. The quantitative estimate of drug-likeness (QED) is 0.863. The van der Waals surface area contributed by atoms with Crippen molar-refractivity contribution in [2.45, 2.75) is 13.8 Å². The molecule has 0 aliphatic carbocycles. The third kappa shape index (κ3) is 3.71. The lowest BCUT2D eigenvalue weighted by Crippen LogP contribution is -2.41. The van der Waals surface area contributed by atoms with Crippen molar-refractivity contribution in [2.24, 2.45) is 10.4 Å². The Hall–Kier alpha value is -2.04. The van der Waals surface area contributed by atoms with Crippen molar-refractivity contribution in [3.63, 3.8) is 0 Å². The first kappa shape index (κ1) is 13.4. The van der Waals surface area contributed by atoms with Crippen molar-refractivity contribution in [3.8, 4) is 5.75 Å². The lowest BCUT2D eigenvalue weighted by Gasteiger charge is -2.29. The van der Waals surface area contributed by atoms with Crippen molar-refractivity contribution < 1.29 is 14.6 Å². The van der Waals surface area contributed by atoms with E-state index in [1.807, 2.05) is 12.1 Å². The van der Waals surface area contributed by atoms with Crippen LogP contribution in [-0.4, -0.2) is 36.6 Å². The average Bonchev–Trinajstić information content (AvgIpc) is 2.37. The number of carboxylic acids is 1. The topological polar surface area (TPSA) is 70.9 Å². The molecule has 19 heavy (non-hydrogen) atoms. The minimum atomic E-state index is -0.982. The molecule has 0 saturated heterocycles. The number of carbonyl (C=O) groups is 1. The van der Waals surface area contributed by atoms with E-state index in [1.165, 1.54) is 0 Å². The Bertz CT molecular complexity index is 492. The summed E-state index contributed by atoms with van der Waals surface area (Å²) in [6, 6.07) is 7.26. The number of rotatable bonds is 4. The standard InChI is InChI=1S/C14H18N2O3/c1-14(2)8-15-13(16-9-14)10-3-5-11(6-4-10)19-7-12(17)18/h3-6H,7-9H2,1-2H3,(H,15,16)(H,17,18). The Morgan fingerprint density at radius 1 is 1.42 bits per heavy atom. The summed E-state index contributed by atoms with van der Waals surface area (Å²) in [4.78, 5) is 14.9. The van der Waals surface area contributed by atoms with Gasteiger partial charge >= 0.3 is 5.97 Å². The van der Waals surface area contributed by atoms with Gasteiger partial charge in [0, 0.05) is 24.1 Å². The summed E-state index contributed by atoms with van der Waals surface area (Å²) in [5.41, 5.74) is 1.17. The van der Waals surface area contributed by atoms with Crippen LogP contribution in [0.2, 0.25) is 0 Å². The number of nitrogens with one attached hydrogen (secondary N) is 1. The van der Waals surface area contributed by atoms with Gasteiger partial charge in [-0.1, -0.05) is 13.8 Å². The average molecular weight is 262 g/mol. The smallest absolute Gasteiger partial charge is 0.341 e. The first-order chi connectivity index (χ1) is 8.96. The second kappa shape index (κ2) is 5.30. The molecule has 0 bridgehead atoms. The number of aliphatic carboxylic acids is 1. The molecule has 0 saturated carbocycles. The summed E-state index contributed by atoms with van der Waals surface area (Å²) < 4.78 is 5.08. The van der Waals surface area contributed by atoms with Crippen molar-refractivity contribution in [3.05, 3.63) is 29.8 Å². The highest BCUT2D eigenvalue weighted by Crippen LogP contribution is 2.19. The van der Waals surface area contributed by atoms with Crippen molar-refractivity contribution in [2.75, 3.05) is 19.7 Å². The third-order valence-corrected chi connectivity index (χ3v) is 2.89. The highest BCUT2D eigenvalue weighted by Gasteiger charge is 2.22. The Balaban J connectivity index is 2.03. The van der Waals surface area contributed by atoms with Gasteiger partial charge in [-0.05, 0) is 24.3 Å². The zero-order valence-corrected chi connectivity index (χ0v) is 11.1. The van der Waals surface area contributed by atoms with Crippen molar-refractivity contribution in [1.82, 2.24) is 5.32 Å². The van der Waals surface area contributed by atoms with Crippen LogP contribution in [-0.2, 0) is 4.79 Å². The van der Waals surface area contributed by atoms with Gasteiger partial charge in [-0.3, -0.25) is 4.99 Å². The molecule has 0 amide bonds. The Labute approximate surface area is 112 Å². The van der Waals surface area contributed by atoms with E-state index in [1.54, 1.807) is 12.1 Å². The van der Waals surface area contributed by atoms with Gasteiger partial charge in [-0.2, -0.15) is 0 Å². The second-order valence-corrected chi connectivity index (χ2v) is 5.39. The SMILES string of the molecule is CC1(C)CN=C(c2ccc(OCC(=O)O)cc2)NC1. The van der Waals surface area contributed by atoms with Crippen LogP contribution in [0.5, 0.6) is 5.75 Å². The van der Waals surface area contributed by atoms with E-state index in [0.717, 1.165) is 24.5 Å². The van der Waals surface area contributed by atoms with E-state index in [9.17, 15) is 4.79 Å². The highest BCUT2D eigenvalue weighted by molar-refractivity contribution is 5.99.